The van der Waals surface area contributed by atoms with Gasteiger partial charge in [0.25, 0.3) is 5.09 Å². The van der Waals surface area contributed by atoms with Crippen molar-refractivity contribution >= 4 is 29.8 Å². The van der Waals surface area contributed by atoms with E-state index < -0.39 is 34.6 Å². The van der Waals surface area contributed by atoms with Crippen molar-refractivity contribution in [3.63, 3.8) is 0 Å². The molecule has 0 aliphatic carbocycles. The van der Waals surface area contributed by atoms with E-state index in [4.69, 9.17) is 16.3 Å². The van der Waals surface area contributed by atoms with Gasteiger partial charge in [-0.05, 0) is 50.5 Å². The number of rotatable bonds is 7. The number of unbranched alkanes of at least 4 members (excludes halogenated alkanes) is 1. The van der Waals surface area contributed by atoms with Crippen LogP contribution in [0.4, 0.5) is 18.0 Å². The highest BCUT2D eigenvalue weighted by Gasteiger charge is 2.60. The molecule has 0 amide bonds. The molecule has 14 heteroatoms. The lowest BCUT2D eigenvalue weighted by Gasteiger charge is -2.37. The van der Waals surface area contributed by atoms with E-state index in [-0.39, 0.29) is 42.4 Å². The first kappa shape index (κ1) is 25.0. The Labute approximate surface area is 183 Å². The predicted octanol–water partition coefficient (Wildman–Crippen LogP) is 4.35. The van der Waals surface area contributed by atoms with Gasteiger partial charge in [-0.1, -0.05) is 11.6 Å². The highest BCUT2D eigenvalue weighted by Crippen LogP contribution is 2.47. The van der Waals surface area contributed by atoms with Gasteiger partial charge in [0, 0.05) is 10.6 Å². The Kier molecular flexibility index (Phi) is 7.78. The van der Waals surface area contributed by atoms with Gasteiger partial charge in [-0.25, -0.2) is 14.6 Å². The predicted molar refractivity (Wildman–Crippen MR) is 100.0 cm³/mol. The first-order valence-electron chi connectivity index (χ1n) is 8.96. The van der Waals surface area contributed by atoms with Crippen LogP contribution in [0.15, 0.2) is 17.7 Å². The summed E-state index contributed by atoms with van der Waals surface area (Å²) in [4.78, 5) is 46.1. The number of alkyl halides is 3. The van der Waals surface area contributed by atoms with Crippen LogP contribution >= 0.6 is 11.6 Å². The second kappa shape index (κ2) is 9.94. The molecule has 2 rings (SSSR count). The maximum Gasteiger partial charge on any atom is 0.549 e. The standard InChI is InChI=1S/C18H17ClF3NO9/c1-10-7-12(19)8-11-9-13(17(2,18(20,21)22)30-14(10)11)15(24)31-32-16(25)28-5-3-4-6-29-23(26)27/h7-9H,3-6H2,1-2H3. The lowest BCUT2D eigenvalue weighted by atomic mass is 9.89. The van der Waals surface area contributed by atoms with Crippen molar-refractivity contribution in [1.29, 1.82) is 0 Å². The molecule has 0 fully saturated rings. The largest absolute Gasteiger partial charge is 0.549 e. The molecule has 0 bridgehead atoms. The summed E-state index contributed by atoms with van der Waals surface area (Å²) in [6, 6.07) is 2.70. The van der Waals surface area contributed by atoms with E-state index in [0.717, 1.165) is 6.08 Å². The third-order valence-electron chi connectivity index (χ3n) is 4.29. The molecule has 1 aliphatic heterocycles. The molecule has 0 saturated heterocycles. The van der Waals surface area contributed by atoms with E-state index in [2.05, 4.69) is 19.3 Å². The van der Waals surface area contributed by atoms with Crippen molar-refractivity contribution < 1.29 is 51.9 Å². The SMILES string of the molecule is Cc1cc(Cl)cc2c1OC(C)(C(F)(F)F)C(C(=O)OOC(=O)OCCCCO[N+](=O)[O-])=C2. The van der Waals surface area contributed by atoms with Crippen LogP contribution in [0.1, 0.15) is 30.9 Å². The molecule has 0 N–H and O–H groups in total. The van der Waals surface area contributed by atoms with Crippen molar-refractivity contribution in [2.45, 2.75) is 38.5 Å². The summed E-state index contributed by atoms with van der Waals surface area (Å²) in [5.74, 6) is -1.75. The summed E-state index contributed by atoms with van der Waals surface area (Å²) in [5, 5.41) is 9.18. The maximum atomic E-state index is 13.8. The number of aryl methyl sites for hydroxylation is 1. The van der Waals surface area contributed by atoms with Gasteiger partial charge in [0.05, 0.1) is 18.8 Å². The van der Waals surface area contributed by atoms with Crippen molar-refractivity contribution in [3.05, 3.63) is 44.0 Å². The first-order valence-corrected chi connectivity index (χ1v) is 9.34. The van der Waals surface area contributed by atoms with Crippen LogP contribution in [0.2, 0.25) is 5.02 Å². The number of nitrogens with zero attached hydrogens (tertiary/aromatic N) is 1. The van der Waals surface area contributed by atoms with Crippen LogP contribution < -0.4 is 4.74 Å². The summed E-state index contributed by atoms with van der Waals surface area (Å²) < 4.78 is 51.0. The number of carbonyl (C=O) groups excluding carboxylic acids is 2. The lowest BCUT2D eigenvalue weighted by molar-refractivity contribution is -0.757. The Morgan fingerprint density at radius 3 is 2.50 bits per heavy atom. The van der Waals surface area contributed by atoms with Crippen molar-refractivity contribution in [3.8, 4) is 5.75 Å². The van der Waals surface area contributed by atoms with Crippen molar-refractivity contribution in [2.75, 3.05) is 13.2 Å². The Morgan fingerprint density at radius 1 is 1.22 bits per heavy atom. The molecular formula is C18H17ClF3NO9. The monoisotopic (exact) mass is 483 g/mol. The Balaban J connectivity index is 2.05. The molecule has 1 aromatic carbocycles. The molecule has 1 aliphatic rings. The molecule has 0 aromatic heterocycles. The molecule has 0 spiro atoms. The highest BCUT2D eigenvalue weighted by molar-refractivity contribution is 6.30. The van der Waals surface area contributed by atoms with E-state index >= 15 is 0 Å². The first-order chi connectivity index (χ1) is 14.8. The number of benzene rings is 1. The number of hydrogen-bond donors (Lipinski definition) is 0. The molecule has 1 atom stereocenters. The van der Waals surface area contributed by atoms with E-state index in [0.29, 0.717) is 12.5 Å². The van der Waals surface area contributed by atoms with Crippen LogP contribution in [0, 0.1) is 17.0 Å². The number of carbonyl (C=O) groups is 2. The Bertz CT molecular complexity index is 935. The topological polar surface area (TPSA) is 123 Å². The fourth-order valence-electron chi connectivity index (χ4n) is 2.66. The summed E-state index contributed by atoms with van der Waals surface area (Å²) in [6.45, 7) is 1.62. The lowest BCUT2D eigenvalue weighted by Crippen LogP contribution is -2.52. The minimum atomic E-state index is -5.03. The van der Waals surface area contributed by atoms with E-state index in [9.17, 15) is 32.9 Å². The second-order valence-corrected chi connectivity index (χ2v) is 7.09. The summed E-state index contributed by atoms with van der Waals surface area (Å²) in [5.41, 5.74) is -3.66. The number of halogens is 4. The number of hydrogen-bond acceptors (Lipinski definition) is 9. The molecule has 1 aromatic rings. The van der Waals surface area contributed by atoms with Crippen LogP contribution in [-0.2, 0) is 24.1 Å². The zero-order valence-electron chi connectivity index (χ0n) is 16.7. The van der Waals surface area contributed by atoms with Crippen LogP contribution in [0.25, 0.3) is 6.08 Å². The maximum absolute atomic E-state index is 13.8. The number of fused-ring (bicyclic) bond motifs is 1. The summed E-state index contributed by atoms with van der Waals surface area (Å²) in [7, 11) is 0. The quantitative estimate of drug-likeness (QED) is 0.183. The summed E-state index contributed by atoms with van der Waals surface area (Å²) >= 11 is 5.92. The molecule has 0 saturated carbocycles. The zero-order valence-corrected chi connectivity index (χ0v) is 17.4. The molecule has 0 radical (unpaired) electrons. The third-order valence-corrected chi connectivity index (χ3v) is 4.51. The van der Waals surface area contributed by atoms with E-state index in [1.54, 1.807) is 0 Å². The number of ether oxygens (including phenoxy) is 2. The van der Waals surface area contributed by atoms with Crippen LogP contribution in [-0.4, -0.2) is 42.2 Å². The molecule has 10 nitrogen and oxygen atoms in total. The zero-order chi connectivity index (χ0) is 24.1. The van der Waals surface area contributed by atoms with E-state index in [1.165, 1.54) is 19.1 Å². The minimum Gasteiger partial charge on any atom is -0.472 e. The third kappa shape index (κ3) is 5.93. The smallest absolute Gasteiger partial charge is 0.472 e. The fraction of sp³-hybridized carbons (Fsp3) is 0.444. The van der Waals surface area contributed by atoms with Gasteiger partial charge in [-0.2, -0.15) is 18.0 Å². The Morgan fingerprint density at radius 2 is 1.88 bits per heavy atom. The molecule has 32 heavy (non-hydrogen) atoms. The Hall–Kier alpha value is -3.22. The molecular weight excluding hydrogens is 467 g/mol. The van der Waals surface area contributed by atoms with Gasteiger partial charge in [0.1, 0.15) is 5.75 Å². The van der Waals surface area contributed by atoms with Gasteiger partial charge in [0.2, 0.25) is 5.60 Å². The molecule has 176 valence electrons. The fourth-order valence-corrected chi connectivity index (χ4v) is 2.94. The van der Waals surface area contributed by atoms with Gasteiger partial charge >= 0.3 is 18.3 Å². The average Bonchev–Trinajstić information content (AvgIpc) is 2.68. The van der Waals surface area contributed by atoms with Crippen LogP contribution in [0.3, 0.4) is 0 Å². The van der Waals surface area contributed by atoms with Gasteiger partial charge < -0.3 is 14.3 Å². The molecule has 1 unspecified atom stereocenters. The van der Waals surface area contributed by atoms with Gasteiger partial charge in [0.15, 0.2) is 0 Å². The second-order valence-electron chi connectivity index (χ2n) is 6.65. The normalized spacial score (nSPS) is 17.4. The van der Waals surface area contributed by atoms with Crippen LogP contribution in [0.5, 0.6) is 5.75 Å². The molecule has 1 heterocycles. The van der Waals surface area contributed by atoms with E-state index in [1.807, 2.05) is 0 Å². The highest BCUT2D eigenvalue weighted by atomic mass is 35.5. The van der Waals surface area contributed by atoms with Crippen molar-refractivity contribution in [2.24, 2.45) is 0 Å². The van der Waals surface area contributed by atoms with Crippen molar-refractivity contribution in [1.82, 2.24) is 0 Å². The van der Waals surface area contributed by atoms with Gasteiger partial charge in [-0.15, -0.1) is 10.1 Å². The summed E-state index contributed by atoms with van der Waals surface area (Å²) in [6.07, 6.45) is -5.33. The average molecular weight is 484 g/mol. The van der Waals surface area contributed by atoms with Gasteiger partial charge in [-0.3, -0.25) is 0 Å². The minimum absolute atomic E-state index is 0.100.